The van der Waals surface area contributed by atoms with Gasteiger partial charge in [-0.3, -0.25) is 24.6 Å². The lowest BCUT2D eigenvalue weighted by atomic mass is 9.85. The number of nitrogens with zero attached hydrogens (tertiary/aromatic N) is 6. The average molecular weight is 973 g/mol. The van der Waals surface area contributed by atoms with Crippen LogP contribution in [0.3, 0.4) is 0 Å². The first-order chi connectivity index (χ1) is 33.7. The summed E-state index contributed by atoms with van der Waals surface area (Å²) in [6, 6.07) is 23.7. The number of aliphatic hydroxyl groups is 1. The second kappa shape index (κ2) is 24.2. The Bertz CT molecular complexity index is 2590. The van der Waals surface area contributed by atoms with Gasteiger partial charge in [-0.1, -0.05) is 87.0 Å². The zero-order valence-electron chi connectivity index (χ0n) is 40.6. The van der Waals surface area contributed by atoms with Gasteiger partial charge in [0.15, 0.2) is 5.82 Å². The summed E-state index contributed by atoms with van der Waals surface area (Å²) in [4.78, 5) is 71.8. The van der Waals surface area contributed by atoms with Crippen LogP contribution in [0.15, 0.2) is 89.5 Å². The van der Waals surface area contributed by atoms with Crippen LogP contribution < -0.4 is 31.0 Å². The van der Waals surface area contributed by atoms with Crippen molar-refractivity contribution >= 4 is 58.5 Å². The molecule has 2 fully saturated rings. The van der Waals surface area contributed by atoms with E-state index in [0.29, 0.717) is 63.7 Å². The SMILES string of the molecule is Cc1cccc(/C=N/Nc2cc(N3CCOCC3)nc(OCCc3ccc(NC(=O)CCCCC(=O)N[C@H](C(=O)N4C[C@@H](O)C[C@H]4C(=O)NCc4ccc(-c5scnc5C)cc4)C(C)(C)C)cc3)n2)c1. The van der Waals surface area contributed by atoms with E-state index >= 15 is 0 Å². The third-order valence-corrected chi connectivity index (χ3v) is 13.1. The fourth-order valence-corrected chi connectivity index (χ4v) is 9.05. The van der Waals surface area contributed by atoms with Crippen molar-refractivity contribution in [2.75, 3.05) is 55.1 Å². The van der Waals surface area contributed by atoms with E-state index in [4.69, 9.17) is 9.47 Å². The maximum absolute atomic E-state index is 14.0. The zero-order chi connectivity index (χ0) is 49.6. The number of hydrogen-bond donors (Lipinski definition) is 5. The van der Waals surface area contributed by atoms with Crippen LogP contribution in [-0.2, 0) is 36.9 Å². The van der Waals surface area contributed by atoms with Gasteiger partial charge in [-0.2, -0.15) is 15.1 Å². The van der Waals surface area contributed by atoms with Gasteiger partial charge in [0, 0.05) is 63.6 Å². The molecule has 2 aromatic heterocycles. The molecule has 5 N–H and O–H groups in total. The summed E-state index contributed by atoms with van der Waals surface area (Å²) in [7, 11) is 0. The molecule has 0 radical (unpaired) electrons. The number of aromatic nitrogens is 3. The van der Waals surface area contributed by atoms with E-state index in [1.54, 1.807) is 17.6 Å². The molecular formula is C52H64N10O7S. The quantitative estimate of drug-likeness (QED) is 0.0325. The molecule has 370 valence electrons. The molecule has 0 bridgehead atoms. The topological polar surface area (TPSA) is 213 Å². The van der Waals surface area contributed by atoms with Gasteiger partial charge < -0.3 is 40.3 Å². The third-order valence-electron chi connectivity index (χ3n) is 12.1. The first-order valence-electron chi connectivity index (χ1n) is 23.8. The second-order valence-electron chi connectivity index (χ2n) is 18.8. The molecule has 2 saturated heterocycles. The maximum atomic E-state index is 14.0. The Morgan fingerprint density at radius 1 is 0.943 bits per heavy atom. The smallest absolute Gasteiger partial charge is 0.320 e. The van der Waals surface area contributed by atoms with Gasteiger partial charge >= 0.3 is 6.01 Å². The highest BCUT2D eigenvalue weighted by Crippen LogP contribution is 2.29. The predicted molar refractivity (Wildman–Crippen MR) is 272 cm³/mol. The summed E-state index contributed by atoms with van der Waals surface area (Å²) in [5.74, 6) is -0.0701. The lowest BCUT2D eigenvalue weighted by molar-refractivity contribution is -0.144. The lowest BCUT2D eigenvalue weighted by Crippen LogP contribution is -2.57. The van der Waals surface area contributed by atoms with Crippen LogP contribution in [0.4, 0.5) is 17.3 Å². The Balaban J connectivity index is 0.830. The molecule has 18 heteroatoms. The number of nitrogens with one attached hydrogen (secondary N) is 4. The molecule has 2 aliphatic rings. The van der Waals surface area contributed by atoms with E-state index in [0.717, 1.165) is 44.2 Å². The Morgan fingerprint density at radius 2 is 1.67 bits per heavy atom. The minimum atomic E-state index is -0.939. The monoisotopic (exact) mass is 972 g/mol. The van der Waals surface area contributed by atoms with Crippen molar-refractivity contribution in [3.8, 4) is 16.5 Å². The highest BCUT2D eigenvalue weighted by molar-refractivity contribution is 7.13. The number of thiazole rings is 1. The number of carbonyl (C=O) groups is 4. The Kier molecular flexibility index (Phi) is 17.7. The molecule has 17 nitrogen and oxygen atoms in total. The minimum absolute atomic E-state index is 0.0133. The third kappa shape index (κ3) is 14.6. The van der Waals surface area contributed by atoms with Crippen molar-refractivity contribution < 1.29 is 33.8 Å². The fraction of sp³-hybridized carbons (Fsp3) is 0.423. The fourth-order valence-electron chi connectivity index (χ4n) is 8.24. The van der Waals surface area contributed by atoms with Gasteiger partial charge in [-0.25, -0.2) is 4.98 Å². The van der Waals surface area contributed by atoms with E-state index in [-0.39, 0.29) is 56.1 Å². The zero-order valence-corrected chi connectivity index (χ0v) is 41.4. The number of ether oxygens (including phenoxy) is 2. The molecule has 4 amide bonds. The maximum Gasteiger partial charge on any atom is 0.320 e. The lowest BCUT2D eigenvalue weighted by Gasteiger charge is -2.35. The van der Waals surface area contributed by atoms with Gasteiger partial charge in [0.25, 0.3) is 0 Å². The number of likely N-dealkylation sites (tertiary alicyclic amines) is 1. The van der Waals surface area contributed by atoms with Crippen LogP contribution in [0.2, 0.25) is 0 Å². The molecule has 0 unspecified atom stereocenters. The number of anilines is 3. The molecule has 3 aromatic carbocycles. The number of benzene rings is 3. The Hall–Kier alpha value is -6.76. The summed E-state index contributed by atoms with van der Waals surface area (Å²) < 4.78 is 11.6. The molecule has 4 heterocycles. The van der Waals surface area contributed by atoms with Crippen molar-refractivity contribution in [3.63, 3.8) is 0 Å². The highest BCUT2D eigenvalue weighted by Gasteiger charge is 2.44. The number of hydrogen-bond acceptors (Lipinski definition) is 14. The van der Waals surface area contributed by atoms with E-state index in [9.17, 15) is 24.3 Å². The van der Waals surface area contributed by atoms with Crippen LogP contribution >= 0.6 is 11.3 Å². The number of hydrazone groups is 1. The summed E-state index contributed by atoms with van der Waals surface area (Å²) >= 11 is 1.57. The molecule has 2 aliphatic heterocycles. The van der Waals surface area contributed by atoms with Crippen molar-refractivity contribution in [1.29, 1.82) is 0 Å². The van der Waals surface area contributed by atoms with Crippen molar-refractivity contribution in [2.45, 2.75) is 97.9 Å². The van der Waals surface area contributed by atoms with Gasteiger partial charge in [0.2, 0.25) is 23.6 Å². The van der Waals surface area contributed by atoms with Gasteiger partial charge in [-0.15, -0.1) is 11.3 Å². The number of aliphatic hydroxyl groups excluding tert-OH is 1. The number of amides is 4. The van der Waals surface area contributed by atoms with Gasteiger partial charge in [-0.05, 0) is 66.5 Å². The number of unbranched alkanes of at least 4 members (excludes halogenated alkanes) is 1. The average Bonchev–Trinajstić information content (AvgIpc) is 3.96. The van der Waals surface area contributed by atoms with E-state index in [1.807, 2.05) is 119 Å². The first kappa shape index (κ1) is 51.1. The first-order valence-corrected chi connectivity index (χ1v) is 24.7. The molecule has 0 aliphatic carbocycles. The molecule has 70 heavy (non-hydrogen) atoms. The molecule has 5 aromatic rings. The molecule has 0 saturated carbocycles. The standard InChI is InChI=1S/C52H64N10O7S/c1-34-9-8-10-38(27-34)31-55-60-43-29-44(61-22-25-68-26-23-61)58-51(57-43)69-24-21-36-15-19-40(20-16-36)56-45(64)11-6-7-12-46(65)59-48(52(3,4)5)50(67)62-32-41(63)28-42(62)49(66)53-30-37-13-17-39(18-14-37)47-35(2)54-33-70-47/h8-10,13-20,27,29,31,33,41-42,48,63H,6-7,11-12,21-26,28,30,32H2,1-5H3,(H,53,66)(H,56,64)(H,59,65)(H,57,58,60)/b55-31+/t41-,42-,48+/m0/s1. The molecule has 7 rings (SSSR count). The van der Waals surface area contributed by atoms with Crippen LogP contribution in [0.5, 0.6) is 6.01 Å². The summed E-state index contributed by atoms with van der Waals surface area (Å²) in [6.45, 7) is 12.7. The van der Waals surface area contributed by atoms with E-state index in [1.165, 1.54) is 4.90 Å². The van der Waals surface area contributed by atoms with Crippen molar-refractivity contribution in [2.24, 2.45) is 10.5 Å². The summed E-state index contributed by atoms with van der Waals surface area (Å²) in [6.07, 6.45) is 2.76. The van der Waals surface area contributed by atoms with Gasteiger partial charge in [0.1, 0.15) is 17.9 Å². The number of β-amino-alcohol motifs (C(OH)–C–C–N with tert-alkyl or cyclic N) is 1. The molecule has 3 atom stereocenters. The number of rotatable bonds is 20. The van der Waals surface area contributed by atoms with E-state index in [2.05, 4.69) is 46.3 Å². The number of morpholine rings is 1. The normalized spacial score (nSPS) is 16.5. The molecule has 0 spiro atoms. The highest BCUT2D eigenvalue weighted by atomic mass is 32.1. The van der Waals surface area contributed by atoms with Gasteiger partial charge in [0.05, 0.1) is 48.2 Å². The molecular weight excluding hydrogens is 909 g/mol. The van der Waals surface area contributed by atoms with Crippen molar-refractivity contribution in [1.82, 2.24) is 30.5 Å². The largest absolute Gasteiger partial charge is 0.463 e. The Morgan fingerprint density at radius 3 is 2.37 bits per heavy atom. The summed E-state index contributed by atoms with van der Waals surface area (Å²) in [5, 5.41) is 23.7. The van der Waals surface area contributed by atoms with Crippen molar-refractivity contribution in [3.05, 3.63) is 112 Å². The summed E-state index contributed by atoms with van der Waals surface area (Å²) in [5.41, 5.74) is 10.8. The van der Waals surface area contributed by atoms with Crippen LogP contribution in [0.25, 0.3) is 10.4 Å². The minimum Gasteiger partial charge on any atom is -0.463 e. The van der Waals surface area contributed by atoms with Crippen LogP contribution in [0.1, 0.15) is 80.8 Å². The van der Waals surface area contributed by atoms with E-state index < -0.39 is 29.5 Å². The van der Waals surface area contributed by atoms with Crippen LogP contribution in [-0.4, -0.2) is 112 Å². The van der Waals surface area contributed by atoms with Crippen LogP contribution in [0, 0.1) is 19.3 Å². The predicted octanol–water partition coefficient (Wildman–Crippen LogP) is 6.43. The second-order valence-corrected chi connectivity index (χ2v) is 19.6. The number of aryl methyl sites for hydroxylation is 2. The number of carbonyl (C=O) groups excluding carboxylic acids is 4. The Labute approximate surface area is 413 Å².